The van der Waals surface area contributed by atoms with E-state index in [4.69, 9.17) is 4.74 Å². The van der Waals surface area contributed by atoms with Crippen molar-refractivity contribution in [3.05, 3.63) is 29.3 Å². The Hall–Kier alpha value is -1.35. The van der Waals surface area contributed by atoms with Crippen LogP contribution in [0.25, 0.3) is 0 Å². The summed E-state index contributed by atoms with van der Waals surface area (Å²) in [5.41, 5.74) is 3.03. The Morgan fingerprint density at radius 2 is 2.16 bits per heavy atom. The molecule has 3 nitrogen and oxygen atoms in total. The van der Waals surface area contributed by atoms with Crippen molar-refractivity contribution in [1.29, 1.82) is 0 Å². The zero-order valence-electron chi connectivity index (χ0n) is 11.5. The first-order valence-corrected chi connectivity index (χ1v) is 7.23. The second-order valence-corrected chi connectivity index (χ2v) is 5.63. The lowest BCUT2D eigenvalue weighted by molar-refractivity contribution is -0.00871. The molecule has 0 amide bonds. The van der Waals surface area contributed by atoms with E-state index in [2.05, 4.69) is 17.0 Å². The van der Waals surface area contributed by atoms with Gasteiger partial charge in [-0.3, -0.25) is 4.79 Å². The number of benzene rings is 1. The highest BCUT2D eigenvalue weighted by molar-refractivity contribution is 5.85. The normalized spacial score (nSPS) is 26.9. The third-order valence-corrected chi connectivity index (χ3v) is 4.35. The predicted octanol–water partition coefficient (Wildman–Crippen LogP) is 2.96. The van der Waals surface area contributed by atoms with Gasteiger partial charge in [-0.2, -0.15) is 0 Å². The summed E-state index contributed by atoms with van der Waals surface area (Å²) in [5.74, 6) is 0. The zero-order valence-corrected chi connectivity index (χ0v) is 11.5. The number of ether oxygens (including phenoxy) is 1. The molecule has 1 aromatic carbocycles. The lowest BCUT2D eigenvalue weighted by atomic mass is 9.89. The van der Waals surface area contributed by atoms with E-state index in [-0.39, 0.29) is 0 Å². The summed E-state index contributed by atoms with van der Waals surface area (Å²) < 4.78 is 5.90. The number of rotatable bonds is 2. The Bertz CT molecular complexity index is 470. The zero-order chi connectivity index (χ0) is 13.2. The number of fused-ring (bicyclic) bond motifs is 1. The smallest absolute Gasteiger partial charge is 0.152 e. The number of carbonyl (C=O) groups excluding carboxylic acids is 1. The van der Waals surface area contributed by atoms with E-state index in [0.29, 0.717) is 12.1 Å². The van der Waals surface area contributed by atoms with Gasteiger partial charge in [-0.25, -0.2) is 0 Å². The number of morpholine rings is 1. The first-order valence-electron chi connectivity index (χ1n) is 7.23. The molecule has 3 rings (SSSR count). The highest BCUT2D eigenvalue weighted by Crippen LogP contribution is 2.33. The van der Waals surface area contributed by atoms with Crippen LogP contribution in [0.3, 0.4) is 0 Å². The molecule has 102 valence electrons. The summed E-state index contributed by atoms with van der Waals surface area (Å²) in [5, 5.41) is 0. The molecule has 1 aliphatic heterocycles. The van der Waals surface area contributed by atoms with E-state index >= 15 is 0 Å². The van der Waals surface area contributed by atoms with Crippen LogP contribution in [0, 0.1) is 6.92 Å². The van der Waals surface area contributed by atoms with Crippen molar-refractivity contribution in [3.63, 3.8) is 0 Å². The number of carbonyl (C=O) groups is 1. The van der Waals surface area contributed by atoms with Gasteiger partial charge >= 0.3 is 0 Å². The van der Waals surface area contributed by atoms with Crippen molar-refractivity contribution in [1.82, 2.24) is 0 Å². The van der Waals surface area contributed by atoms with Crippen molar-refractivity contribution in [3.8, 4) is 0 Å². The minimum Gasteiger partial charge on any atom is -0.374 e. The number of nitrogens with zero attached hydrogens (tertiary/aromatic N) is 1. The van der Waals surface area contributed by atoms with Crippen LogP contribution in [0.4, 0.5) is 5.69 Å². The van der Waals surface area contributed by atoms with Crippen LogP contribution in [-0.4, -0.2) is 31.6 Å². The Kier molecular flexibility index (Phi) is 3.56. The van der Waals surface area contributed by atoms with Crippen LogP contribution in [0.2, 0.25) is 0 Å². The van der Waals surface area contributed by atoms with Gasteiger partial charge in [-0.05, 0) is 31.9 Å². The van der Waals surface area contributed by atoms with E-state index < -0.39 is 0 Å². The number of anilines is 1. The SMILES string of the molecule is Cc1ccc(N2CCOC3CCCCC32)c(C=O)c1. The van der Waals surface area contributed by atoms with Crippen LogP contribution in [-0.2, 0) is 4.74 Å². The molecule has 0 aromatic heterocycles. The van der Waals surface area contributed by atoms with Gasteiger partial charge in [-0.15, -0.1) is 0 Å². The molecule has 0 bridgehead atoms. The molecule has 2 unspecified atom stereocenters. The minimum absolute atomic E-state index is 0.350. The summed E-state index contributed by atoms with van der Waals surface area (Å²) in [6.45, 7) is 3.69. The van der Waals surface area contributed by atoms with Crippen LogP contribution in [0.1, 0.15) is 41.6 Å². The van der Waals surface area contributed by atoms with Crippen molar-refractivity contribution >= 4 is 12.0 Å². The highest BCUT2D eigenvalue weighted by atomic mass is 16.5. The fourth-order valence-corrected chi connectivity index (χ4v) is 3.43. The molecule has 1 saturated carbocycles. The fourth-order valence-electron chi connectivity index (χ4n) is 3.43. The lowest BCUT2D eigenvalue weighted by Gasteiger charge is -2.45. The molecule has 0 radical (unpaired) electrons. The minimum atomic E-state index is 0.350. The second kappa shape index (κ2) is 5.33. The van der Waals surface area contributed by atoms with E-state index in [9.17, 15) is 4.79 Å². The standard InChI is InChI=1S/C16H21NO2/c1-12-6-7-14(13(10-12)11-18)17-8-9-19-16-5-3-2-4-15(16)17/h6-7,10-11,15-16H,2-5,8-9H2,1H3. The Labute approximate surface area is 114 Å². The van der Waals surface area contributed by atoms with Crippen molar-refractivity contribution in [2.75, 3.05) is 18.1 Å². The van der Waals surface area contributed by atoms with Crippen molar-refractivity contribution in [2.24, 2.45) is 0 Å². The van der Waals surface area contributed by atoms with Crippen molar-refractivity contribution < 1.29 is 9.53 Å². The topological polar surface area (TPSA) is 29.5 Å². The average Bonchev–Trinajstić information content (AvgIpc) is 2.46. The van der Waals surface area contributed by atoms with E-state index in [1.165, 1.54) is 19.3 Å². The summed E-state index contributed by atoms with van der Waals surface area (Å²) in [6, 6.07) is 6.62. The number of aldehydes is 1. The molecule has 2 atom stereocenters. The molecule has 1 heterocycles. The van der Waals surface area contributed by atoms with Gasteiger partial charge in [0.15, 0.2) is 6.29 Å². The third-order valence-electron chi connectivity index (χ3n) is 4.35. The number of hydrogen-bond acceptors (Lipinski definition) is 3. The molecular weight excluding hydrogens is 238 g/mol. The molecule has 1 aliphatic carbocycles. The first kappa shape index (κ1) is 12.7. The van der Waals surface area contributed by atoms with Gasteiger partial charge in [0.05, 0.1) is 18.8 Å². The van der Waals surface area contributed by atoms with E-state index in [0.717, 1.165) is 42.7 Å². The average molecular weight is 259 g/mol. The maximum absolute atomic E-state index is 11.3. The largest absolute Gasteiger partial charge is 0.374 e. The van der Waals surface area contributed by atoms with Gasteiger partial charge in [0.1, 0.15) is 0 Å². The Balaban J connectivity index is 1.93. The van der Waals surface area contributed by atoms with Gasteiger partial charge in [0.25, 0.3) is 0 Å². The van der Waals surface area contributed by atoms with Gasteiger partial charge in [0, 0.05) is 17.8 Å². The molecule has 3 heteroatoms. The molecule has 19 heavy (non-hydrogen) atoms. The summed E-state index contributed by atoms with van der Waals surface area (Å²) in [7, 11) is 0. The van der Waals surface area contributed by atoms with E-state index in [1.54, 1.807) is 0 Å². The molecule has 0 spiro atoms. The quantitative estimate of drug-likeness (QED) is 0.765. The van der Waals surface area contributed by atoms with Gasteiger partial charge in [-0.1, -0.05) is 24.5 Å². The maximum atomic E-state index is 11.3. The molecular formula is C16H21NO2. The Morgan fingerprint density at radius 1 is 1.32 bits per heavy atom. The van der Waals surface area contributed by atoms with Crippen LogP contribution < -0.4 is 4.90 Å². The summed E-state index contributed by atoms with van der Waals surface area (Å²) in [6.07, 6.45) is 6.20. The maximum Gasteiger partial charge on any atom is 0.152 e. The lowest BCUT2D eigenvalue weighted by Crippen LogP contribution is -2.53. The molecule has 2 aliphatic rings. The monoisotopic (exact) mass is 259 g/mol. The fraction of sp³-hybridized carbons (Fsp3) is 0.562. The third kappa shape index (κ3) is 2.39. The van der Waals surface area contributed by atoms with Gasteiger partial charge < -0.3 is 9.64 Å². The summed E-state index contributed by atoms with van der Waals surface area (Å²) >= 11 is 0. The molecule has 0 N–H and O–H groups in total. The summed E-state index contributed by atoms with van der Waals surface area (Å²) in [4.78, 5) is 13.7. The molecule has 2 fully saturated rings. The molecule has 1 saturated heterocycles. The second-order valence-electron chi connectivity index (χ2n) is 5.63. The molecule has 1 aromatic rings. The number of hydrogen-bond donors (Lipinski definition) is 0. The van der Waals surface area contributed by atoms with Crippen molar-refractivity contribution in [2.45, 2.75) is 44.8 Å². The first-order chi connectivity index (χ1) is 9.29. The predicted molar refractivity (Wildman–Crippen MR) is 75.9 cm³/mol. The Morgan fingerprint density at radius 3 is 3.00 bits per heavy atom. The van der Waals surface area contributed by atoms with Gasteiger partial charge in [0.2, 0.25) is 0 Å². The van der Waals surface area contributed by atoms with E-state index in [1.807, 2.05) is 13.0 Å². The van der Waals surface area contributed by atoms with Crippen LogP contribution in [0.15, 0.2) is 18.2 Å². The highest BCUT2D eigenvalue weighted by Gasteiger charge is 2.34. The van der Waals surface area contributed by atoms with Crippen LogP contribution in [0.5, 0.6) is 0 Å². The number of aryl methyl sites for hydroxylation is 1. The van der Waals surface area contributed by atoms with Crippen LogP contribution >= 0.6 is 0 Å².